The smallest absolute Gasteiger partial charge is 0.261 e. The molecule has 1 amide bonds. The lowest BCUT2D eigenvalue weighted by atomic mass is 10.2. The third-order valence-corrected chi connectivity index (χ3v) is 4.16. The van der Waals surface area contributed by atoms with Gasteiger partial charge >= 0.3 is 0 Å². The Labute approximate surface area is 173 Å². The van der Waals surface area contributed by atoms with Gasteiger partial charge in [0.1, 0.15) is 11.5 Å². The number of hydrogen-bond donors (Lipinski definition) is 2. The number of hydrogen-bond acceptors (Lipinski definition) is 4. The van der Waals surface area contributed by atoms with Crippen LogP contribution in [0.4, 0.5) is 5.69 Å². The van der Waals surface area contributed by atoms with Crippen LogP contribution in [-0.4, -0.2) is 24.2 Å². The lowest BCUT2D eigenvalue weighted by molar-refractivity contribution is 0.0973. The van der Waals surface area contributed by atoms with Gasteiger partial charge in [-0.25, -0.2) is 0 Å². The SMILES string of the molecule is CCCOc1ccc(NC(=S)NC(=O)c2cc(Br)ccc2OCCC)cc1. The van der Waals surface area contributed by atoms with E-state index in [0.29, 0.717) is 24.5 Å². The molecule has 0 saturated carbocycles. The Balaban J connectivity index is 1.99. The van der Waals surface area contributed by atoms with Gasteiger partial charge < -0.3 is 14.8 Å². The van der Waals surface area contributed by atoms with Gasteiger partial charge in [-0.3, -0.25) is 10.1 Å². The molecule has 0 bridgehead atoms. The van der Waals surface area contributed by atoms with Gasteiger partial charge in [0.05, 0.1) is 18.8 Å². The second-order valence-electron chi connectivity index (χ2n) is 5.77. The second-order valence-corrected chi connectivity index (χ2v) is 7.09. The van der Waals surface area contributed by atoms with E-state index in [1.807, 2.05) is 37.3 Å². The first-order chi connectivity index (χ1) is 13.0. The van der Waals surface area contributed by atoms with Gasteiger partial charge in [0.15, 0.2) is 5.11 Å². The summed E-state index contributed by atoms with van der Waals surface area (Å²) in [4.78, 5) is 12.6. The molecule has 2 rings (SSSR count). The number of ether oxygens (including phenoxy) is 2. The topological polar surface area (TPSA) is 59.6 Å². The molecule has 2 aromatic rings. The molecule has 2 N–H and O–H groups in total. The highest BCUT2D eigenvalue weighted by molar-refractivity contribution is 9.10. The predicted molar refractivity (Wildman–Crippen MR) is 116 cm³/mol. The monoisotopic (exact) mass is 450 g/mol. The summed E-state index contributed by atoms with van der Waals surface area (Å²) in [7, 11) is 0. The van der Waals surface area contributed by atoms with Gasteiger partial charge in [-0.1, -0.05) is 29.8 Å². The molecule has 27 heavy (non-hydrogen) atoms. The molecule has 0 aliphatic rings. The first kappa shape index (κ1) is 21.2. The summed E-state index contributed by atoms with van der Waals surface area (Å²) < 4.78 is 12.0. The Morgan fingerprint density at radius 3 is 2.37 bits per heavy atom. The van der Waals surface area contributed by atoms with Crippen molar-refractivity contribution < 1.29 is 14.3 Å². The zero-order valence-corrected chi connectivity index (χ0v) is 17.8. The van der Waals surface area contributed by atoms with Crippen molar-refractivity contribution in [3.63, 3.8) is 0 Å². The van der Waals surface area contributed by atoms with Crippen LogP contribution in [0, 0.1) is 0 Å². The van der Waals surface area contributed by atoms with E-state index in [1.54, 1.807) is 12.1 Å². The van der Waals surface area contributed by atoms with E-state index in [4.69, 9.17) is 21.7 Å². The van der Waals surface area contributed by atoms with Crippen LogP contribution in [0.3, 0.4) is 0 Å². The van der Waals surface area contributed by atoms with E-state index in [2.05, 4.69) is 33.5 Å². The van der Waals surface area contributed by atoms with Crippen molar-refractivity contribution in [2.75, 3.05) is 18.5 Å². The first-order valence-corrected chi connectivity index (χ1v) is 10.0. The number of thiocarbonyl (C=S) groups is 1. The van der Waals surface area contributed by atoms with Crippen molar-refractivity contribution in [3.05, 3.63) is 52.5 Å². The summed E-state index contributed by atoms with van der Waals surface area (Å²) in [5.41, 5.74) is 1.19. The van der Waals surface area contributed by atoms with Gasteiger partial charge in [-0.2, -0.15) is 0 Å². The van der Waals surface area contributed by atoms with Gasteiger partial charge in [-0.05, 0) is 67.5 Å². The molecule has 0 aromatic heterocycles. The van der Waals surface area contributed by atoms with E-state index in [1.165, 1.54) is 0 Å². The average molecular weight is 451 g/mol. The molecule has 144 valence electrons. The van der Waals surface area contributed by atoms with Crippen LogP contribution in [0.5, 0.6) is 11.5 Å². The molecule has 0 saturated heterocycles. The fourth-order valence-electron chi connectivity index (χ4n) is 2.20. The zero-order chi connectivity index (χ0) is 19.6. The number of halogens is 1. The Hall–Kier alpha value is -2.12. The minimum Gasteiger partial charge on any atom is -0.494 e. The Morgan fingerprint density at radius 1 is 1.04 bits per heavy atom. The maximum Gasteiger partial charge on any atom is 0.261 e. The summed E-state index contributed by atoms with van der Waals surface area (Å²) in [5.74, 6) is 0.991. The fraction of sp³-hybridized carbons (Fsp3) is 0.300. The number of rotatable bonds is 8. The fourth-order valence-corrected chi connectivity index (χ4v) is 2.78. The van der Waals surface area contributed by atoms with Crippen molar-refractivity contribution in [2.24, 2.45) is 0 Å². The molecule has 2 aromatic carbocycles. The van der Waals surface area contributed by atoms with Crippen LogP contribution in [0.2, 0.25) is 0 Å². The van der Waals surface area contributed by atoms with E-state index in [0.717, 1.165) is 28.8 Å². The Morgan fingerprint density at radius 2 is 1.70 bits per heavy atom. The number of amides is 1. The average Bonchev–Trinajstić information content (AvgIpc) is 2.66. The highest BCUT2D eigenvalue weighted by Gasteiger charge is 2.15. The molecule has 0 aliphatic heterocycles. The van der Waals surface area contributed by atoms with Crippen molar-refractivity contribution in [3.8, 4) is 11.5 Å². The van der Waals surface area contributed by atoms with Crippen LogP contribution < -0.4 is 20.1 Å². The van der Waals surface area contributed by atoms with E-state index >= 15 is 0 Å². The number of nitrogens with one attached hydrogen (secondary N) is 2. The maximum atomic E-state index is 12.6. The van der Waals surface area contributed by atoms with Crippen molar-refractivity contribution in [1.29, 1.82) is 0 Å². The molecule has 0 spiro atoms. The molecular formula is C20H23BrN2O3S. The number of anilines is 1. The van der Waals surface area contributed by atoms with E-state index in [-0.39, 0.29) is 11.0 Å². The summed E-state index contributed by atoms with van der Waals surface area (Å²) in [5, 5.41) is 5.89. The molecule has 0 radical (unpaired) electrons. The first-order valence-electron chi connectivity index (χ1n) is 8.81. The lowest BCUT2D eigenvalue weighted by Crippen LogP contribution is -2.34. The van der Waals surface area contributed by atoms with Crippen LogP contribution in [-0.2, 0) is 0 Å². The van der Waals surface area contributed by atoms with Crippen LogP contribution in [0.25, 0.3) is 0 Å². The molecule has 0 atom stereocenters. The molecule has 7 heteroatoms. The molecule has 0 aliphatic carbocycles. The zero-order valence-electron chi connectivity index (χ0n) is 15.4. The van der Waals surface area contributed by atoms with Gasteiger partial charge in [-0.15, -0.1) is 0 Å². The number of carbonyl (C=O) groups is 1. The normalized spacial score (nSPS) is 10.2. The molecular weight excluding hydrogens is 428 g/mol. The number of carbonyl (C=O) groups excluding carboxylic acids is 1. The molecule has 5 nitrogen and oxygen atoms in total. The highest BCUT2D eigenvalue weighted by Crippen LogP contribution is 2.23. The predicted octanol–water partition coefficient (Wildman–Crippen LogP) is 5.15. The van der Waals surface area contributed by atoms with Crippen LogP contribution in [0.1, 0.15) is 37.0 Å². The van der Waals surface area contributed by atoms with Crippen molar-refractivity contribution >= 4 is 44.9 Å². The summed E-state index contributed by atoms with van der Waals surface area (Å²) >= 11 is 8.63. The largest absolute Gasteiger partial charge is 0.494 e. The second kappa shape index (κ2) is 10.9. The van der Waals surface area contributed by atoms with E-state index in [9.17, 15) is 4.79 Å². The molecule has 0 fully saturated rings. The minimum absolute atomic E-state index is 0.212. The summed E-state index contributed by atoms with van der Waals surface area (Å²) in [6, 6.07) is 12.7. The Kier molecular flexibility index (Phi) is 8.54. The third kappa shape index (κ3) is 6.84. The molecule has 0 heterocycles. The minimum atomic E-state index is -0.331. The van der Waals surface area contributed by atoms with E-state index < -0.39 is 0 Å². The summed E-state index contributed by atoms with van der Waals surface area (Å²) in [6.45, 7) is 5.28. The maximum absolute atomic E-state index is 12.6. The Bertz CT molecular complexity index is 781. The van der Waals surface area contributed by atoms with Gasteiger partial charge in [0.25, 0.3) is 5.91 Å². The third-order valence-electron chi connectivity index (χ3n) is 3.46. The van der Waals surface area contributed by atoms with Crippen LogP contribution >= 0.6 is 28.1 Å². The summed E-state index contributed by atoms with van der Waals surface area (Å²) in [6.07, 6.45) is 1.81. The number of benzene rings is 2. The van der Waals surface area contributed by atoms with Gasteiger partial charge in [0, 0.05) is 10.2 Å². The van der Waals surface area contributed by atoms with Crippen molar-refractivity contribution in [2.45, 2.75) is 26.7 Å². The standard InChI is InChI=1S/C20H23BrN2O3S/c1-3-11-25-16-8-6-15(7-9-16)22-20(27)23-19(24)17-13-14(21)5-10-18(17)26-12-4-2/h5-10,13H,3-4,11-12H2,1-2H3,(H2,22,23,24,27). The van der Waals surface area contributed by atoms with Gasteiger partial charge in [0.2, 0.25) is 0 Å². The highest BCUT2D eigenvalue weighted by atomic mass is 79.9. The lowest BCUT2D eigenvalue weighted by Gasteiger charge is -2.13. The van der Waals surface area contributed by atoms with Crippen LogP contribution in [0.15, 0.2) is 46.9 Å². The quantitative estimate of drug-likeness (QED) is 0.544. The molecule has 0 unspecified atom stereocenters. The van der Waals surface area contributed by atoms with Crippen molar-refractivity contribution in [1.82, 2.24) is 5.32 Å².